The number of nitrogens with one attached hydrogen (secondary N) is 1. The molecule has 1 amide bonds. The monoisotopic (exact) mass is 352 g/mol. The summed E-state index contributed by atoms with van der Waals surface area (Å²) < 4.78 is 11.1. The van der Waals surface area contributed by atoms with Gasteiger partial charge in [-0.1, -0.05) is 0 Å². The SMILES string of the molecule is O=C(NCCN1CCOCC1)c1ccc2oc(-c3ccncc3)nc2c1. The van der Waals surface area contributed by atoms with Gasteiger partial charge in [0.2, 0.25) is 5.89 Å². The quantitative estimate of drug-likeness (QED) is 0.756. The van der Waals surface area contributed by atoms with Crippen molar-refractivity contribution < 1.29 is 13.9 Å². The van der Waals surface area contributed by atoms with Crippen LogP contribution in [0.3, 0.4) is 0 Å². The molecule has 1 aromatic carbocycles. The highest BCUT2D eigenvalue weighted by atomic mass is 16.5. The third-order valence-corrected chi connectivity index (χ3v) is 4.39. The van der Waals surface area contributed by atoms with Crippen molar-refractivity contribution >= 4 is 17.0 Å². The molecule has 7 nitrogen and oxygen atoms in total. The third-order valence-electron chi connectivity index (χ3n) is 4.39. The molecule has 0 saturated carbocycles. The maximum atomic E-state index is 12.4. The van der Waals surface area contributed by atoms with E-state index in [2.05, 4.69) is 20.2 Å². The number of morpholine rings is 1. The predicted molar refractivity (Wildman–Crippen MR) is 96.8 cm³/mol. The van der Waals surface area contributed by atoms with E-state index in [1.807, 2.05) is 12.1 Å². The first-order chi connectivity index (χ1) is 12.8. The Labute approximate surface area is 151 Å². The molecule has 0 atom stereocenters. The Morgan fingerprint density at radius 3 is 2.77 bits per heavy atom. The second-order valence-electron chi connectivity index (χ2n) is 6.15. The Kier molecular flexibility index (Phi) is 4.90. The number of hydrogen-bond acceptors (Lipinski definition) is 6. The number of ether oxygens (including phenoxy) is 1. The molecule has 134 valence electrons. The van der Waals surface area contributed by atoms with Gasteiger partial charge >= 0.3 is 0 Å². The minimum atomic E-state index is -0.103. The lowest BCUT2D eigenvalue weighted by Gasteiger charge is -2.26. The molecule has 0 radical (unpaired) electrons. The first kappa shape index (κ1) is 16.7. The smallest absolute Gasteiger partial charge is 0.251 e. The van der Waals surface area contributed by atoms with Crippen LogP contribution in [0.1, 0.15) is 10.4 Å². The lowest BCUT2D eigenvalue weighted by molar-refractivity contribution is 0.0383. The molecule has 3 aromatic rings. The molecule has 26 heavy (non-hydrogen) atoms. The van der Waals surface area contributed by atoms with Crippen LogP contribution >= 0.6 is 0 Å². The molecule has 1 N–H and O–H groups in total. The van der Waals surface area contributed by atoms with E-state index in [1.54, 1.807) is 30.6 Å². The van der Waals surface area contributed by atoms with Gasteiger partial charge in [-0.05, 0) is 30.3 Å². The van der Waals surface area contributed by atoms with Gasteiger partial charge in [0.15, 0.2) is 5.58 Å². The Balaban J connectivity index is 1.42. The molecule has 0 unspecified atom stereocenters. The van der Waals surface area contributed by atoms with Crippen molar-refractivity contribution in [2.75, 3.05) is 39.4 Å². The van der Waals surface area contributed by atoms with Crippen LogP contribution in [0.2, 0.25) is 0 Å². The van der Waals surface area contributed by atoms with Crippen molar-refractivity contribution in [3.8, 4) is 11.5 Å². The second kappa shape index (κ2) is 7.63. The Bertz CT molecular complexity index is 888. The van der Waals surface area contributed by atoms with Gasteiger partial charge in [0.05, 0.1) is 13.2 Å². The van der Waals surface area contributed by atoms with Crippen LogP contribution in [0.25, 0.3) is 22.6 Å². The summed E-state index contributed by atoms with van der Waals surface area (Å²) in [5, 5.41) is 2.96. The van der Waals surface area contributed by atoms with Gasteiger partial charge in [0.1, 0.15) is 5.52 Å². The molecular formula is C19H20N4O3. The van der Waals surface area contributed by atoms with Crippen molar-refractivity contribution in [3.63, 3.8) is 0 Å². The molecule has 1 fully saturated rings. The number of nitrogens with zero attached hydrogens (tertiary/aromatic N) is 3. The molecule has 1 aliphatic rings. The van der Waals surface area contributed by atoms with Gasteiger partial charge in [-0.2, -0.15) is 0 Å². The zero-order chi connectivity index (χ0) is 17.8. The summed E-state index contributed by atoms with van der Waals surface area (Å²) in [4.78, 5) is 23.1. The average Bonchev–Trinajstić information content (AvgIpc) is 3.13. The van der Waals surface area contributed by atoms with Crippen LogP contribution in [0.4, 0.5) is 0 Å². The van der Waals surface area contributed by atoms with Crippen LogP contribution in [0.15, 0.2) is 47.1 Å². The van der Waals surface area contributed by atoms with E-state index in [0.29, 0.717) is 29.1 Å². The normalized spacial score (nSPS) is 15.2. The third kappa shape index (κ3) is 3.74. The second-order valence-corrected chi connectivity index (χ2v) is 6.15. The van der Waals surface area contributed by atoms with Gasteiger partial charge in [0, 0.05) is 49.7 Å². The highest BCUT2D eigenvalue weighted by Gasteiger charge is 2.13. The lowest BCUT2D eigenvalue weighted by Crippen LogP contribution is -2.41. The molecule has 0 bridgehead atoms. The van der Waals surface area contributed by atoms with Crippen molar-refractivity contribution in [1.82, 2.24) is 20.2 Å². The van der Waals surface area contributed by atoms with Crippen molar-refractivity contribution in [3.05, 3.63) is 48.3 Å². The van der Waals surface area contributed by atoms with E-state index in [9.17, 15) is 4.79 Å². The molecule has 1 aliphatic heterocycles. The first-order valence-electron chi connectivity index (χ1n) is 8.69. The number of fused-ring (bicyclic) bond motifs is 1. The minimum absolute atomic E-state index is 0.103. The highest BCUT2D eigenvalue weighted by Crippen LogP contribution is 2.24. The molecule has 3 heterocycles. The van der Waals surface area contributed by atoms with Crippen LogP contribution in [-0.2, 0) is 4.74 Å². The van der Waals surface area contributed by atoms with E-state index in [0.717, 1.165) is 38.4 Å². The maximum Gasteiger partial charge on any atom is 0.251 e. The van der Waals surface area contributed by atoms with Gasteiger partial charge in [-0.25, -0.2) is 4.98 Å². The van der Waals surface area contributed by atoms with E-state index in [4.69, 9.17) is 9.15 Å². The Morgan fingerprint density at radius 1 is 1.15 bits per heavy atom. The number of aromatic nitrogens is 2. The molecule has 1 saturated heterocycles. The average molecular weight is 352 g/mol. The summed E-state index contributed by atoms with van der Waals surface area (Å²) in [7, 11) is 0. The van der Waals surface area contributed by atoms with E-state index in [-0.39, 0.29) is 5.91 Å². The summed E-state index contributed by atoms with van der Waals surface area (Å²) >= 11 is 0. The number of pyridine rings is 1. The molecule has 4 rings (SSSR count). The molecular weight excluding hydrogens is 332 g/mol. The van der Waals surface area contributed by atoms with Crippen LogP contribution in [0.5, 0.6) is 0 Å². The van der Waals surface area contributed by atoms with Gasteiger partial charge < -0.3 is 14.5 Å². The Morgan fingerprint density at radius 2 is 1.96 bits per heavy atom. The van der Waals surface area contributed by atoms with Crippen molar-refractivity contribution in [2.45, 2.75) is 0 Å². The van der Waals surface area contributed by atoms with E-state index in [1.165, 1.54) is 0 Å². The lowest BCUT2D eigenvalue weighted by atomic mass is 10.2. The van der Waals surface area contributed by atoms with E-state index < -0.39 is 0 Å². The van der Waals surface area contributed by atoms with Crippen LogP contribution in [-0.4, -0.2) is 60.2 Å². The topological polar surface area (TPSA) is 80.5 Å². The zero-order valence-corrected chi connectivity index (χ0v) is 14.4. The number of oxazole rings is 1. The summed E-state index contributed by atoms with van der Waals surface area (Å²) in [6, 6.07) is 8.97. The van der Waals surface area contributed by atoms with Crippen LogP contribution in [0, 0.1) is 0 Å². The van der Waals surface area contributed by atoms with E-state index >= 15 is 0 Å². The summed E-state index contributed by atoms with van der Waals surface area (Å²) in [5.41, 5.74) is 2.75. The molecule has 2 aromatic heterocycles. The number of hydrogen-bond donors (Lipinski definition) is 1. The fraction of sp³-hybridized carbons (Fsp3) is 0.316. The molecule has 0 aliphatic carbocycles. The fourth-order valence-electron chi connectivity index (χ4n) is 2.94. The van der Waals surface area contributed by atoms with Gasteiger partial charge in [-0.3, -0.25) is 14.7 Å². The maximum absolute atomic E-state index is 12.4. The number of rotatable bonds is 5. The largest absolute Gasteiger partial charge is 0.436 e. The van der Waals surface area contributed by atoms with Gasteiger partial charge in [0.25, 0.3) is 5.91 Å². The Hall–Kier alpha value is -2.77. The highest BCUT2D eigenvalue weighted by molar-refractivity contribution is 5.97. The zero-order valence-electron chi connectivity index (χ0n) is 14.4. The molecule has 7 heteroatoms. The summed E-state index contributed by atoms with van der Waals surface area (Å²) in [5.74, 6) is 0.417. The number of benzene rings is 1. The van der Waals surface area contributed by atoms with Crippen LogP contribution < -0.4 is 5.32 Å². The van der Waals surface area contributed by atoms with Crippen molar-refractivity contribution in [2.24, 2.45) is 0 Å². The first-order valence-corrected chi connectivity index (χ1v) is 8.69. The number of carbonyl (C=O) groups excluding carboxylic acids is 1. The molecule has 0 spiro atoms. The summed E-state index contributed by atoms with van der Waals surface area (Å²) in [6.45, 7) is 4.79. The minimum Gasteiger partial charge on any atom is -0.436 e. The fourth-order valence-corrected chi connectivity index (χ4v) is 2.94. The number of amides is 1. The van der Waals surface area contributed by atoms with Gasteiger partial charge in [-0.15, -0.1) is 0 Å². The summed E-state index contributed by atoms with van der Waals surface area (Å²) in [6.07, 6.45) is 3.38. The predicted octanol–water partition coefficient (Wildman–Crippen LogP) is 1.95. The van der Waals surface area contributed by atoms with Crippen molar-refractivity contribution in [1.29, 1.82) is 0 Å². The number of carbonyl (C=O) groups is 1. The standard InChI is InChI=1S/C19H20N4O3/c24-18(21-7-8-23-9-11-25-12-10-23)15-1-2-17-16(13-15)22-19(26-17)14-3-5-20-6-4-14/h1-6,13H,7-12H2,(H,21,24).